The number of carbonyl (C=O) groups excluding carboxylic acids is 1. The highest BCUT2D eigenvalue weighted by Crippen LogP contribution is 2.40. The van der Waals surface area contributed by atoms with Crippen molar-refractivity contribution in [2.45, 2.75) is 25.8 Å². The third-order valence-electron chi connectivity index (χ3n) is 7.06. The van der Waals surface area contributed by atoms with Crippen LogP contribution in [0.15, 0.2) is 91.1 Å². The summed E-state index contributed by atoms with van der Waals surface area (Å²) >= 11 is 6.81. The van der Waals surface area contributed by atoms with Crippen LogP contribution >= 0.6 is 23.6 Å². The molecule has 1 aliphatic heterocycles. The van der Waals surface area contributed by atoms with E-state index in [2.05, 4.69) is 33.7 Å². The predicted molar refractivity (Wildman–Crippen MR) is 171 cm³/mol. The molecule has 0 atom stereocenters. The standard InChI is InChI=1S/C33H29FN4O2S2/c34-26-19-25(36-33(41)37-31(39)17-22-7-2-1-3-8-22)12-14-28(26)40-29-10-6-9-24-18-30(42-32(24)29)27-13-11-23(20-35-27)21-38-15-4-5-16-38/h1-3,6-14,18-20H,4-5,15-17,21H2,(H2,36,37,39,41). The molecule has 212 valence electrons. The number of rotatable bonds is 8. The molecule has 0 saturated carbocycles. The molecule has 1 fully saturated rings. The van der Waals surface area contributed by atoms with E-state index >= 15 is 4.39 Å². The van der Waals surface area contributed by atoms with Crippen LogP contribution in [-0.4, -0.2) is 34.0 Å². The maximum Gasteiger partial charge on any atom is 0.230 e. The molecule has 3 aromatic carbocycles. The first-order valence-corrected chi connectivity index (χ1v) is 15.0. The molecule has 0 spiro atoms. The highest BCUT2D eigenvalue weighted by molar-refractivity contribution is 7.80. The van der Waals surface area contributed by atoms with Gasteiger partial charge < -0.3 is 15.4 Å². The minimum atomic E-state index is -0.553. The van der Waals surface area contributed by atoms with Crippen LogP contribution < -0.4 is 15.4 Å². The fraction of sp³-hybridized carbons (Fsp3) is 0.182. The van der Waals surface area contributed by atoms with Gasteiger partial charge in [0.1, 0.15) is 5.75 Å². The van der Waals surface area contributed by atoms with Crippen molar-refractivity contribution in [2.24, 2.45) is 0 Å². The fourth-order valence-electron chi connectivity index (χ4n) is 5.00. The first-order chi connectivity index (χ1) is 20.5. The summed E-state index contributed by atoms with van der Waals surface area (Å²) in [6, 6.07) is 25.9. The van der Waals surface area contributed by atoms with Gasteiger partial charge in [-0.3, -0.25) is 14.7 Å². The molecule has 0 bridgehead atoms. The van der Waals surface area contributed by atoms with Crippen LogP contribution in [0.4, 0.5) is 10.1 Å². The van der Waals surface area contributed by atoms with Gasteiger partial charge in [-0.15, -0.1) is 11.3 Å². The second-order valence-corrected chi connectivity index (χ2v) is 11.7. The zero-order chi connectivity index (χ0) is 28.9. The SMILES string of the molecule is O=C(Cc1ccccc1)NC(=S)Nc1ccc(Oc2cccc3cc(-c4ccc(CN5CCCC5)cn4)sc23)c(F)c1. The van der Waals surface area contributed by atoms with Gasteiger partial charge in [-0.1, -0.05) is 48.5 Å². The number of ether oxygens (including phenoxy) is 1. The average Bonchev–Trinajstić information content (AvgIpc) is 3.66. The van der Waals surface area contributed by atoms with E-state index in [1.54, 1.807) is 23.5 Å². The smallest absolute Gasteiger partial charge is 0.230 e. The Morgan fingerprint density at radius 3 is 2.55 bits per heavy atom. The Morgan fingerprint density at radius 2 is 1.79 bits per heavy atom. The summed E-state index contributed by atoms with van der Waals surface area (Å²) in [5.41, 5.74) is 3.40. The maximum atomic E-state index is 15.1. The van der Waals surface area contributed by atoms with Crippen LogP contribution in [-0.2, 0) is 17.8 Å². The molecule has 2 N–H and O–H groups in total. The second-order valence-electron chi connectivity index (χ2n) is 10.2. The van der Waals surface area contributed by atoms with Gasteiger partial charge in [0.2, 0.25) is 5.91 Å². The van der Waals surface area contributed by atoms with Crippen LogP contribution in [0.1, 0.15) is 24.0 Å². The number of thiocarbonyl (C=S) groups is 1. The van der Waals surface area contributed by atoms with Crippen molar-refractivity contribution in [3.63, 3.8) is 0 Å². The zero-order valence-corrected chi connectivity index (χ0v) is 24.4. The van der Waals surface area contributed by atoms with Crippen molar-refractivity contribution < 1.29 is 13.9 Å². The lowest BCUT2D eigenvalue weighted by Gasteiger charge is -2.14. The zero-order valence-electron chi connectivity index (χ0n) is 22.8. The molecule has 2 aromatic heterocycles. The van der Waals surface area contributed by atoms with E-state index in [0.717, 1.165) is 45.9 Å². The molecule has 1 amide bonds. The number of pyridine rings is 1. The fourth-order valence-corrected chi connectivity index (χ4v) is 6.32. The average molecular weight is 597 g/mol. The number of nitrogens with one attached hydrogen (secondary N) is 2. The Labute approximate surface area is 253 Å². The number of benzene rings is 3. The summed E-state index contributed by atoms with van der Waals surface area (Å²) in [5, 5.41) is 6.59. The van der Waals surface area contributed by atoms with Crippen LogP contribution in [0.2, 0.25) is 0 Å². The van der Waals surface area contributed by atoms with Crippen molar-refractivity contribution >= 4 is 50.3 Å². The van der Waals surface area contributed by atoms with Crippen molar-refractivity contribution in [1.82, 2.24) is 15.2 Å². The number of amides is 1. The predicted octanol–water partition coefficient (Wildman–Crippen LogP) is 7.55. The molecule has 6 rings (SSSR count). The number of halogens is 1. The van der Waals surface area contributed by atoms with Crippen molar-refractivity contribution in [2.75, 3.05) is 18.4 Å². The molecule has 1 saturated heterocycles. The number of hydrogen-bond donors (Lipinski definition) is 2. The quantitative estimate of drug-likeness (QED) is 0.180. The third kappa shape index (κ3) is 6.82. The monoisotopic (exact) mass is 596 g/mol. The van der Waals surface area contributed by atoms with Crippen LogP contribution in [0.5, 0.6) is 11.5 Å². The molecule has 5 aromatic rings. The molecule has 42 heavy (non-hydrogen) atoms. The highest BCUT2D eigenvalue weighted by Gasteiger charge is 2.15. The van der Waals surface area contributed by atoms with E-state index in [-0.39, 0.29) is 23.2 Å². The Kier molecular flexibility index (Phi) is 8.50. The first-order valence-electron chi connectivity index (χ1n) is 13.8. The summed E-state index contributed by atoms with van der Waals surface area (Å²) < 4.78 is 22.0. The number of thiophene rings is 1. The Hall–Kier alpha value is -4.18. The normalized spacial score (nSPS) is 13.3. The molecule has 0 aliphatic carbocycles. The van der Waals surface area contributed by atoms with Crippen molar-refractivity contribution in [3.05, 3.63) is 108 Å². The molecule has 0 radical (unpaired) electrons. The molecule has 9 heteroatoms. The van der Waals surface area contributed by atoms with E-state index < -0.39 is 5.82 Å². The number of fused-ring (bicyclic) bond motifs is 1. The molecule has 1 aliphatic rings. The third-order valence-corrected chi connectivity index (χ3v) is 8.45. The Morgan fingerprint density at radius 1 is 0.952 bits per heavy atom. The van der Waals surface area contributed by atoms with Crippen molar-refractivity contribution in [3.8, 4) is 22.1 Å². The van der Waals surface area contributed by atoms with E-state index in [1.807, 2.05) is 54.7 Å². The summed E-state index contributed by atoms with van der Waals surface area (Å²) in [6.07, 6.45) is 4.69. The van der Waals surface area contributed by atoms with Gasteiger partial charge in [0.15, 0.2) is 16.7 Å². The van der Waals surface area contributed by atoms with Crippen molar-refractivity contribution in [1.29, 1.82) is 0 Å². The first kappa shape index (κ1) is 28.0. The molecular weight excluding hydrogens is 568 g/mol. The number of hydrogen-bond acceptors (Lipinski definition) is 6. The van der Waals surface area contributed by atoms with Crippen LogP contribution in [0.25, 0.3) is 20.7 Å². The lowest BCUT2D eigenvalue weighted by molar-refractivity contribution is -0.119. The van der Waals surface area contributed by atoms with E-state index in [0.29, 0.717) is 11.4 Å². The molecular formula is C33H29FN4O2S2. The summed E-state index contributed by atoms with van der Waals surface area (Å²) in [5.74, 6) is -0.151. The lowest BCUT2D eigenvalue weighted by Crippen LogP contribution is -2.35. The van der Waals surface area contributed by atoms with Gasteiger partial charge in [0.05, 0.1) is 21.7 Å². The summed E-state index contributed by atoms with van der Waals surface area (Å²) in [7, 11) is 0. The van der Waals surface area contributed by atoms with Gasteiger partial charge >= 0.3 is 0 Å². The van der Waals surface area contributed by atoms with Gasteiger partial charge in [0, 0.05) is 24.5 Å². The minimum Gasteiger partial charge on any atom is -0.453 e. The minimum absolute atomic E-state index is 0.0893. The van der Waals surface area contributed by atoms with Gasteiger partial charge in [0.25, 0.3) is 0 Å². The second kappa shape index (κ2) is 12.8. The largest absolute Gasteiger partial charge is 0.453 e. The summed E-state index contributed by atoms with van der Waals surface area (Å²) in [4.78, 5) is 20.5. The molecule has 0 unspecified atom stereocenters. The maximum absolute atomic E-state index is 15.1. The topological polar surface area (TPSA) is 66.5 Å². The lowest BCUT2D eigenvalue weighted by atomic mass is 10.1. The number of likely N-dealkylation sites (tertiary alicyclic amines) is 1. The number of carbonyl (C=O) groups is 1. The highest BCUT2D eigenvalue weighted by atomic mass is 32.1. The Bertz CT molecular complexity index is 1720. The number of aromatic nitrogens is 1. The van der Waals surface area contributed by atoms with Crippen LogP contribution in [0, 0.1) is 5.82 Å². The van der Waals surface area contributed by atoms with E-state index in [1.165, 1.54) is 24.5 Å². The number of nitrogens with zero attached hydrogens (tertiary/aromatic N) is 2. The van der Waals surface area contributed by atoms with Gasteiger partial charge in [-0.05, 0) is 85.0 Å². The summed E-state index contributed by atoms with van der Waals surface area (Å²) in [6.45, 7) is 3.25. The van der Waals surface area contributed by atoms with E-state index in [9.17, 15) is 4.79 Å². The van der Waals surface area contributed by atoms with Gasteiger partial charge in [-0.2, -0.15) is 0 Å². The van der Waals surface area contributed by atoms with Crippen LogP contribution in [0.3, 0.4) is 0 Å². The molecule has 3 heterocycles. The Balaban J connectivity index is 1.11. The molecule has 6 nitrogen and oxygen atoms in total. The van der Waals surface area contributed by atoms with E-state index in [4.69, 9.17) is 21.9 Å². The number of anilines is 1. The van der Waals surface area contributed by atoms with Gasteiger partial charge in [-0.25, -0.2) is 4.39 Å².